The number of carbonyl (C=O) groups excluding carboxylic acids is 1. The number of hydrogen-bond donors (Lipinski definition) is 3. The molecule has 5 nitrogen and oxygen atoms in total. The summed E-state index contributed by atoms with van der Waals surface area (Å²) in [5.74, 6) is -0.772. The minimum Gasteiger partial charge on any atom is -0.481 e. The van der Waals surface area contributed by atoms with Crippen LogP contribution in [0.25, 0.3) is 0 Å². The van der Waals surface area contributed by atoms with Gasteiger partial charge < -0.3 is 16.2 Å². The standard InChI is InChI=1S/C8H17NO.C4H11N.C4H8O2/c1-6(2)7(10)9-8(3,4)5;1-4(2,3)5;1-3(2)4(5)6/h6H,1-5H3,(H,9,10);5H2,1-3H3;3H,1-2H3,(H,5,6). The molecule has 1 amide bonds. The summed E-state index contributed by atoms with van der Waals surface area (Å²) in [6.07, 6.45) is 0. The summed E-state index contributed by atoms with van der Waals surface area (Å²) < 4.78 is 0. The number of nitrogens with one attached hydrogen (secondary N) is 1. The zero-order valence-corrected chi connectivity index (χ0v) is 15.5. The van der Waals surface area contributed by atoms with Crippen LogP contribution in [0.4, 0.5) is 0 Å². The highest BCUT2D eigenvalue weighted by atomic mass is 16.4. The van der Waals surface area contributed by atoms with Gasteiger partial charge in [0.2, 0.25) is 5.91 Å². The van der Waals surface area contributed by atoms with Gasteiger partial charge in [0.25, 0.3) is 0 Å². The van der Waals surface area contributed by atoms with E-state index in [0.29, 0.717) is 0 Å². The Kier molecular flexibility index (Phi) is 12.6. The lowest BCUT2D eigenvalue weighted by Gasteiger charge is -2.21. The molecule has 0 aliphatic rings. The number of carbonyl (C=O) groups is 2. The average Bonchev–Trinajstić information content (AvgIpc) is 2.12. The van der Waals surface area contributed by atoms with E-state index in [2.05, 4.69) is 5.32 Å². The summed E-state index contributed by atoms with van der Waals surface area (Å²) in [6, 6.07) is 0. The molecule has 4 N–H and O–H groups in total. The van der Waals surface area contributed by atoms with Gasteiger partial charge >= 0.3 is 5.97 Å². The SMILES string of the molecule is CC(C)(C)N.CC(C)C(=O)NC(C)(C)C.CC(C)C(=O)O. The van der Waals surface area contributed by atoms with Crippen molar-refractivity contribution in [3.63, 3.8) is 0 Å². The monoisotopic (exact) mass is 304 g/mol. The van der Waals surface area contributed by atoms with Crippen molar-refractivity contribution in [3.8, 4) is 0 Å². The maximum atomic E-state index is 11.0. The van der Waals surface area contributed by atoms with Gasteiger partial charge in [0, 0.05) is 17.0 Å². The molecule has 0 radical (unpaired) electrons. The predicted molar refractivity (Wildman–Crippen MR) is 89.1 cm³/mol. The van der Waals surface area contributed by atoms with Crippen LogP contribution in [-0.4, -0.2) is 28.1 Å². The fraction of sp³-hybridized carbons (Fsp3) is 0.875. The molecule has 0 aliphatic heterocycles. The Morgan fingerprint density at radius 1 is 0.905 bits per heavy atom. The van der Waals surface area contributed by atoms with E-state index in [1.54, 1.807) is 13.8 Å². The first-order chi connectivity index (χ1) is 8.97. The van der Waals surface area contributed by atoms with E-state index in [-0.39, 0.29) is 28.8 Å². The Balaban J connectivity index is -0.000000252. The fourth-order valence-electron chi connectivity index (χ4n) is 0.514. The van der Waals surface area contributed by atoms with Gasteiger partial charge in [-0.05, 0) is 41.5 Å². The Hall–Kier alpha value is -1.10. The highest BCUT2D eigenvalue weighted by Gasteiger charge is 2.15. The second kappa shape index (κ2) is 10.6. The molecule has 0 fully saturated rings. The fourth-order valence-corrected chi connectivity index (χ4v) is 0.514. The molecule has 0 aromatic rings. The zero-order valence-electron chi connectivity index (χ0n) is 15.5. The molecule has 0 unspecified atom stereocenters. The van der Waals surface area contributed by atoms with Crippen molar-refractivity contribution in [2.45, 2.75) is 80.3 Å². The van der Waals surface area contributed by atoms with E-state index in [0.717, 1.165) is 0 Å². The molecule has 0 rings (SSSR count). The summed E-state index contributed by atoms with van der Waals surface area (Å²) in [5, 5.41) is 10.9. The van der Waals surface area contributed by atoms with E-state index < -0.39 is 5.97 Å². The van der Waals surface area contributed by atoms with Gasteiger partial charge in [-0.2, -0.15) is 0 Å². The Labute approximate surface area is 130 Å². The first-order valence-corrected chi connectivity index (χ1v) is 7.31. The summed E-state index contributed by atoms with van der Waals surface area (Å²) in [4.78, 5) is 20.7. The first kappa shape index (κ1) is 24.9. The summed E-state index contributed by atoms with van der Waals surface area (Å²) in [7, 11) is 0. The second-order valence-corrected chi connectivity index (χ2v) is 7.75. The van der Waals surface area contributed by atoms with Crippen molar-refractivity contribution in [1.29, 1.82) is 0 Å². The summed E-state index contributed by atoms with van der Waals surface area (Å²) >= 11 is 0. The second-order valence-electron chi connectivity index (χ2n) is 7.75. The van der Waals surface area contributed by atoms with E-state index in [9.17, 15) is 9.59 Å². The molecule has 0 atom stereocenters. The minimum absolute atomic E-state index is 0. The Bertz CT molecular complexity index is 292. The van der Waals surface area contributed by atoms with E-state index in [4.69, 9.17) is 10.8 Å². The van der Waals surface area contributed by atoms with Gasteiger partial charge in [-0.15, -0.1) is 0 Å². The molecule has 128 valence electrons. The van der Waals surface area contributed by atoms with E-state index >= 15 is 0 Å². The molecule has 5 heteroatoms. The van der Waals surface area contributed by atoms with Crippen LogP contribution in [0.3, 0.4) is 0 Å². The molecule has 0 aromatic carbocycles. The number of carboxylic acids is 1. The smallest absolute Gasteiger partial charge is 0.305 e. The van der Waals surface area contributed by atoms with E-state index in [1.807, 2.05) is 55.4 Å². The molecule has 0 bridgehead atoms. The molecule has 21 heavy (non-hydrogen) atoms. The van der Waals surface area contributed by atoms with Crippen LogP contribution in [0.5, 0.6) is 0 Å². The average molecular weight is 304 g/mol. The lowest BCUT2D eigenvalue weighted by atomic mass is 10.1. The van der Waals surface area contributed by atoms with Gasteiger partial charge in [0.1, 0.15) is 0 Å². The van der Waals surface area contributed by atoms with Gasteiger partial charge in [-0.25, -0.2) is 0 Å². The van der Waals surface area contributed by atoms with Crippen molar-refractivity contribution in [3.05, 3.63) is 0 Å². The molecule has 0 heterocycles. The molecule has 0 spiro atoms. The zero-order chi connectivity index (χ0) is 18.0. The van der Waals surface area contributed by atoms with Crippen LogP contribution in [-0.2, 0) is 9.59 Å². The van der Waals surface area contributed by atoms with Crippen molar-refractivity contribution >= 4 is 11.9 Å². The third-order valence-electron chi connectivity index (χ3n) is 1.52. The number of aliphatic carboxylic acids is 1. The van der Waals surface area contributed by atoms with Crippen molar-refractivity contribution in [2.75, 3.05) is 0 Å². The number of amides is 1. The van der Waals surface area contributed by atoms with Crippen LogP contribution in [0.15, 0.2) is 0 Å². The third kappa shape index (κ3) is 38.1. The largest absolute Gasteiger partial charge is 0.481 e. The van der Waals surface area contributed by atoms with Gasteiger partial charge in [-0.3, -0.25) is 9.59 Å². The predicted octanol–water partition coefficient (Wildman–Crippen LogP) is 3.03. The van der Waals surface area contributed by atoms with Crippen molar-refractivity contribution in [2.24, 2.45) is 17.6 Å². The quantitative estimate of drug-likeness (QED) is 0.731. The maximum absolute atomic E-state index is 11.0. The minimum atomic E-state index is -0.741. The highest BCUT2D eigenvalue weighted by molar-refractivity contribution is 5.78. The normalized spacial score (nSPS) is 11.1. The topological polar surface area (TPSA) is 92.4 Å². The lowest BCUT2D eigenvalue weighted by Crippen LogP contribution is -2.42. The summed E-state index contributed by atoms with van der Waals surface area (Å²) in [5.41, 5.74) is 5.26. The Morgan fingerprint density at radius 3 is 1.19 bits per heavy atom. The van der Waals surface area contributed by atoms with Gasteiger partial charge in [-0.1, -0.05) is 27.7 Å². The number of rotatable bonds is 2. The summed E-state index contributed by atoms with van der Waals surface area (Å²) in [6.45, 7) is 18.9. The molecular formula is C16H36N2O3. The first-order valence-electron chi connectivity index (χ1n) is 7.31. The van der Waals surface area contributed by atoms with Crippen LogP contribution < -0.4 is 11.1 Å². The molecule has 0 aromatic heterocycles. The number of hydrogen-bond acceptors (Lipinski definition) is 3. The molecule has 0 saturated heterocycles. The van der Waals surface area contributed by atoms with Crippen molar-refractivity contribution in [1.82, 2.24) is 5.32 Å². The highest BCUT2D eigenvalue weighted by Crippen LogP contribution is 2.01. The van der Waals surface area contributed by atoms with Gasteiger partial charge in [0.05, 0.1) is 5.92 Å². The number of carboxylic acid groups (broad SMARTS) is 1. The molecule has 0 aliphatic carbocycles. The van der Waals surface area contributed by atoms with Gasteiger partial charge in [0.15, 0.2) is 0 Å². The third-order valence-corrected chi connectivity index (χ3v) is 1.52. The lowest BCUT2D eigenvalue weighted by molar-refractivity contribution is -0.140. The van der Waals surface area contributed by atoms with E-state index in [1.165, 1.54) is 0 Å². The molecular weight excluding hydrogens is 268 g/mol. The van der Waals surface area contributed by atoms with Crippen LogP contribution in [0.2, 0.25) is 0 Å². The van der Waals surface area contributed by atoms with Crippen LogP contribution in [0.1, 0.15) is 69.2 Å². The van der Waals surface area contributed by atoms with Crippen LogP contribution >= 0.6 is 0 Å². The molecule has 0 saturated carbocycles. The van der Waals surface area contributed by atoms with Crippen molar-refractivity contribution < 1.29 is 14.7 Å². The van der Waals surface area contributed by atoms with Crippen LogP contribution in [0, 0.1) is 11.8 Å². The maximum Gasteiger partial charge on any atom is 0.305 e. The Morgan fingerprint density at radius 2 is 1.14 bits per heavy atom. The number of nitrogens with two attached hydrogens (primary N) is 1.